The van der Waals surface area contributed by atoms with Crippen LogP contribution in [0.4, 0.5) is 0 Å². The fourth-order valence-electron chi connectivity index (χ4n) is 1.76. The molecule has 1 aromatic carbocycles. The highest BCUT2D eigenvalue weighted by molar-refractivity contribution is 5.90. The molecule has 0 spiro atoms. The lowest BCUT2D eigenvalue weighted by molar-refractivity contribution is -0.122. The van der Waals surface area contributed by atoms with Crippen LogP contribution in [0.2, 0.25) is 0 Å². The standard InChI is InChI=1S/C12H13NO3/c1-13-12(15)9(6-14)10-7-16-11-5-3-2-4-8(10)11/h2-5,7,9,14H,6H2,1H3,(H,13,15). The van der Waals surface area contributed by atoms with E-state index in [0.29, 0.717) is 0 Å². The van der Waals surface area contributed by atoms with E-state index in [1.54, 1.807) is 7.05 Å². The Kier molecular flexibility index (Phi) is 2.92. The number of rotatable bonds is 3. The maximum Gasteiger partial charge on any atom is 0.229 e. The Hall–Kier alpha value is -1.81. The molecule has 2 rings (SSSR count). The molecule has 1 aromatic heterocycles. The normalized spacial score (nSPS) is 12.6. The number of aliphatic hydroxyl groups is 1. The van der Waals surface area contributed by atoms with Gasteiger partial charge in [-0.15, -0.1) is 0 Å². The molecule has 0 aliphatic heterocycles. The summed E-state index contributed by atoms with van der Waals surface area (Å²) in [7, 11) is 1.55. The zero-order valence-corrected chi connectivity index (χ0v) is 8.93. The monoisotopic (exact) mass is 219 g/mol. The quantitative estimate of drug-likeness (QED) is 0.816. The number of hydrogen-bond acceptors (Lipinski definition) is 3. The first-order valence-electron chi connectivity index (χ1n) is 5.06. The van der Waals surface area contributed by atoms with Crippen LogP contribution in [0.25, 0.3) is 11.0 Å². The van der Waals surface area contributed by atoms with Crippen molar-refractivity contribution in [1.82, 2.24) is 5.32 Å². The first-order chi connectivity index (χ1) is 7.77. The second-order valence-electron chi connectivity index (χ2n) is 3.54. The van der Waals surface area contributed by atoms with Crippen molar-refractivity contribution in [2.45, 2.75) is 5.92 Å². The molecule has 1 unspecified atom stereocenters. The lowest BCUT2D eigenvalue weighted by Crippen LogP contribution is -2.27. The lowest BCUT2D eigenvalue weighted by Gasteiger charge is -2.10. The summed E-state index contributed by atoms with van der Waals surface area (Å²) in [4.78, 5) is 11.6. The van der Waals surface area contributed by atoms with E-state index in [2.05, 4.69) is 5.32 Å². The Balaban J connectivity index is 2.49. The Bertz CT molecular complexity index is 504. The number of likely N-dealkylation sites (N-methyl/N-ethyl adjacent to an activating group) is 1. The highest BCUT2D eigenvalue weighted by Gasteiger charge is 2.22. The summed E-state index contributed by atoms with van der Waals surface area (Å²) >= 11 is 0. The van der Waals surface area contributed by atoms with Gasteiger partial charge in [-0.25, -0.2) is 0 Å². The highest BCUT2D eigenvalue weighted by atomic mass is 16.3. The summed E-state index contributed by atoms with van der Waals surface area (Å²) < 4.78 is 5.34. The summed E-state index contributed by atoms with van der Waals surface area (Å²) in [6.45, 7) is -0.233. The van der Waals surface area contributed by atoms with Gasteiger partial charge >= 0.3 is 0 Å². The molecule has 16 heavy (non-hydrogen) atoms. The van der Waals surface area contributed by atoms with Gasteiger partial charge in [0.1, 0.15) is 5.58 Å². The molecule has 0 fully saturated rings. The van der Waals surface area contributed by atoms with Crippen LogP contribution in [-0.2, 0) is 4.79 Å². The van der Waals surface area contributed by atoms with Crippen LogP contribution < -0.4 is 5.32 Å². The predicted octanol–water partition coefficient (Wildman–Crippen LogP) is 1.25. The van der Waals surface area contributed by atoms with Gasteiger partial charge in [-0.05, 0) is 6.07 Å². The molecule has 0 radical (unpaired) electrons. The van der Waals surface area contributed by atoms with Crippen LogP contribution in [0, 0.1) is 0 Å². The van der Waals surface area contributed by atoms with E-state index in [0.717, 1.165) is 16.5 Å². The Morgan fingerprint density at radius 2 is 2.25 bits per heavy atom. The van der Waals surface area contributed by atoms with Crippen LogP contribution in [0.15, 0.2) is 34.9 Å². The number of nitrogens with one attached hydrogen (secondary N) is 1. The van der Waals surface area contributed by atoms with Gasteiger partial charge in [-0.1, -0.05) is 18.2 Å². The molecule has 4 nitrogen and oxygen atoms in total. The molecule has 0 saturated carbocycles. The summed E-state index contributed by atoms with van der Waals surface area (Å²) in [5, 5.41) is 12.7. The predicted molar refractivity (Wildman–Crippen MR) is 60.1 cm³/mol. The van der Waals surface area contributed by atoms with Crippen molar-refractivity contribution in [1.29, 1.82) is 0 Å². The minimum absolute atomic E-state index is 0.214. The first kappa shape index (κ1) is 10.7. The lowest BCUT2D eigenvalue weighted by atomic mass is 9.98. The number of hydrogen-bond donors (Lipinski definition) is 2. The molecule has 1 atom stereocenters. The van der Waals surface area contributed by atoms with E-state index in [1.165, 1.54) is 6.26 Å². The molecule has 4 heteroatoms. The molecule has 0 bridgehead atoms. The van der Waals surface area contributed by atoms with Gasteiger partial charge in [-0.2, -0.15) is 0 Å². The number of carbonyl (C=O) groups is 1. The van der Waals surface area contributed by atoms with Crippen molar-refractivity contribution in [3.8, 4) is 0 Å². The summed E-state index contributed by atoms with van der Waals surface area (Å²) in [5.41, 5.74) is 1.44. The van der Waals surface area contributed by atoms with Gasteiger partial charge in [0.25, 0.3) is 0 Å². The number of carbonyl (C=O) groups excluding carboxylic acids is 1. The topological polar surface area (TPSA) is 62.5 Å². The highest BCUT2D eigenvalue weighted by Crippen LogP contribution is 2.27. The third kappa shape index (κ3) is 1.67. The van der Waals surface area contributed by atoms with Gasteiger partial charge in [0.2, 0.25) is 5.91 Å². The van der Waals surface area contributed by atoms with Gasteiger partial charge in [-0.3, -0.25) is 4.79 Å². The van der Waals surface area contributed by atoms with E-state index in [4.69, 9.17) is 4.42 Å². The summed E-state index contributed by atoms with van der Waals surface area (Å²) in [6.07, 6.45) is 1.53. The molecule has 2 aromatic rings. The number of benzene rings is 1. The Labute approximate surface area is 92.9 Å². The largest absolute Gasteiger partial charge is 0.464 e. The Morgan fingerprint density at radius 3 is 2.94 bits per heavy atom. The minimum Gasteiger partial charge on any atom is -0.464 e. The van der Waals surface area contributed by atoms with Gasteiger partial charge < -0.3 is 14.8 Å². The van der Waals surface area contributed by atoms with Crippen LogP contribution >= 0.6 is 0 Å². The van der Waals surface area contributed by atoms with E-state index >= 15 is 0 Å². The number of para-hydroxylation sites is 1. The number of furan rings is 1. The van der Waals surface area contributed by atoms with Gasteiger partial charge in [0.15, 0.2) is 0 Å². The number of amides is 1. The smallest absolute Gasteiger partial charge is 0.229 e. The van der Waals surface area contributed by atoms with Crippen LogP contribution in [-0.4, -0.2) is 24.7 Å². The second kappa shape index (κ2) is 4.37. The number of fused-ring (bicyclic) bond motifs is 1. The third-order valence-electron chi connectivity index (χ3n) is 2.63. The summed E-state index contributed by atoms with van der Waals surface area (Å²) in [5.74, 6) is -0.789. The van der Waals surface area contributed by atoms with Gasteiger partial charge in [0, 0.05) is 18.0 Å². The second-order valence-corrected chi connectivity index (χ2v) is 3.54. The zero-order chi connectivity index (χ0) is 11.5. The van der Waals surface area contributed by atoms with Crippen LogP contribution in [0.5, 0.6) is 0 Å². The third-order valence-corrected chi connectivity index (χ3v) is 2.63. The average molecular weight is 219 g/mol. The van der Waals surface area contributed by atoms with E-state index in [-0.39, 0.29) is 12.5 Å². The van der Waals surface area contributed by atoms with Crippen molar-refractivity contribution >= 4 is 16.9 Å². The molecule has 84 valence electrons. The molecule has 0 aliphatic rings. The van der Waals surface area contributed by atoms with Crippen molar-refractivity contribution in [2.24, 2.45) is 0 Å². The SMILES string of the molecule is CNC(=O)C(CO)c1coc2ccccc12. The molecule has 2 N–H and O–H groups in total. The molecule has 0 saturated heterocycles. The number of aliphatic hydroxyl groups excluding tert-OH is 1. The van der Waals surface area contributed by atoms with Crippen LogP contribution in [0.1, 0.15) is 11.5 Å². The maximum atomic E-state index is 11.6. The molecule has 1 heterocycles. The fraction of sp³-hybridized carbons (Fsp3) is 0.250. The maximum absolute atomic E-state index is 11.6. The van der Waals surface area contributed by atoms with Crippen molar-refractivity contribution in [3.05, 3.63) is 36.1 Å². The molecule has 0 aliphatic carbocycles. The zero-order valence-electron chi connectivity index (χ0n) is 8.93. The first-order valence-corrected chi connectivity index (χ1v) is 5.06. The minimum atomic E-state index is -0.575. The fourth-order valence-corrected chi connectivity index (χ4v) is 1.76. The molecular weight excluding hydrogens is 206 g/mol. The van der Waals surface area contributed by atoms with E-state index in [1.807, 2.05) is 24.3 Å². The molecule has 1 amide bonds. The van der Waals surface area contributed by atoms with Crippen molar-refractivity contribution in [2.75, 3.05) is 13.7 Å². The van der Waals surface area contributed by atoms with Gasteiger partial charge in [0.05, 0.1) is 18.8 Å². The van der Waals surface area contributed by atoms with Crippen molar-refractivity contribution < 1.29 is 14.3 Å². The van der Waals surface area contributed by atoms with E-state index in [9.17, 15) is 9.90 Å². The van der Waals surface area contributed by atoms with Crippen molar-refractivity contribution in [3.63, 3.8) is 0 Å². The molecular formula is C12H13NO3. The Morgan fingerprint density at radius 1 is 1.50 bits per heavy atom. The van der Waals surface area contributed by atoms with Crippen LogP contribution in [0.3, 0.4) is 0 Å². The van der Waals surface area contributed by atoms with E-state index < -0.39 is 5.92 Å². The summed E-state index contributed by atoms with van der Waals surface area (Å²) in [6, 6.07) is 7.44. The average Bonchev–Trinajstić information content (AvgIpc) is 2.74.